The van der Waals surface area contributed by atoms with Crippen molar-refractivity contribution < 1.29 is 13.6 Å². The van der Waals surface area contributed by atoms with Crippen LogP contribution in [0.1, 0.15) is 29.8 Å². The molecule has 0 aliphatic carbocycles. The highest BCUT2D eigenvalue weighted by Crippen LogP contribution is 2.25. The van der Waals surface area contributed by atoms with Gasteiger partial charge in [0.1, 0.15) is 23.0 Å². The van der Waals surface area contributed by atoms with Crippen molar-refractivity contribution in [3.63, 3.8) is 0 Å². The van der Waals surface area contributed by atoms with E-state index in [0.717, 1.165) is 18.8 Å². The van der Waals surface area contributed by atoms with Gasteiger partial charge in [0.15, 0.2) is 0 Å². The molecule has 0 unspecified atom stereocenters. The summed E-state index contributed by atoms with van der Waals surface area (Å²) in [4.78, 5) is 27.6. The Balaban J connectivity index is 1.80. The summed E-state index contributed by atoms with van der Waals surface area (Å²) in [7, 11) is 0. The van der Waals surface area contributed by atoms with Gasteiger partial charge in [0.2, 0.25) is 5.78 Å². The van der Waals surface area contributed by atoms with Gasteiger partial charge in [0.25, 0.3) is 0 Å². The molecule has 0 saturated heterocycles. The van der Waals surface area contributed by atoms with E-state index in [9.17, 15) is 9.59 Å². The second-order valence-electron chi connectivity index (χ2n) is 6.32. The summed E-state index contributed by atoms with van der Waals surface area (Å²) in [5.74, 6) is -0.400. The van der Waals surface area contributed by atoms with Gasteiger partial charge in [-0.05, 0) is 38.1 Å². The molecule has 4 aromatic rings. The zero-order valence-electron chi connectivity index (χ0n) is 15.2. The number of fused-ring (bicyclic) bond motifs is 2. The Morgan fingerprint density at radius 1 is 0.963 bits per heavy atom. The topological polar surface area (TPSA) is 63.7 Å². The Morgan fingerprint density at radius 3 is 2.52 bits per heavy atom. The van der Waals surface area contributed by atoms with E-state index in [2.05, 4.69) is 18.7 Å². The van der Waals surface area contributed by atoms with E-state index < -0.39 is 11.4 Å². The average molecular weight is 361 g/mol. The summed E-state index contributed by atoms with van der Waals surface area (Å²) in [5, 5.41) is 1.39. The third kappa shape index (κ3) is 2.91. The molecule has 0 amide bonds. The van der Waals surface area contributed by atoms with E-state index in [1.165, 1.54) is 6.26 Å². The summed E-state index contributed by atoms with van der Waals surface area (Å²) in [5.41, 5.74) is 1.78. The third-order valence-corrected chi connectivity index (χ3v) is 4.82. The number of para-hydroxylation sites is 1. The second kappa shape index (κ2) is 6.76. The monoisotopic (exact) mass is 361 g/mol. The fourth-order valence-electron chi connectivity index (χ4n) is 3.34. The first kappa shape index (κ1) is 17.1. The van der Waals surface area contributed by atoms with Gasteiger partial charge in [0.05, 0.1) is 5.56 Å². The van der Waals surface area contributed by atoms with E-state index >= 15 is 0 Å². The van der Waals surface area contributed by atoms with Crippen LogP contribution in [0.15, 0.2) is 68.4 Å². The van der Waals surface area contributed by atoms with Crippen LogP contribution < -0.4 is 10.5 Å². The lowest BCUT2D eigenvalue weighted by Gasteiger charge is -2.20. The molecule has 0 saturated carbocycles. The zero-order chi connectivity index (χ0) is 19.0. The molecule has 0 aliphatic heterocycles. The quantitative estimate of drug-likeness (QED) is 0.383. The van der Waals surface area contributed by atoms with Gasteiger partial charge in [-0.25, -0.2) is 4.79 Å². The van der Waals surface area contributed by atoms with Crippen LogP contribution in [0.25, 0.3) is 21.9 Å². The van der Waals surface area contributed by atoms with Crippen molar-refractivity contribution in [2.45, 2.75) is 13.8 Å². The van der Waals surface area contributed by atoms with E-state index in [1.54, 1.807) is 18.2 Å². The molecule has 0 aliphatic rings. The van der Waals surface area contributed by atoms with Crippen molar-refractivity contribution in [3.8, 4) is 0 Å². The van der Waals surface area contributed by atoms with Crippen LogP contribution in [-0.4, -0.2) is 18.9 Å². The highest BCUT2D eigenvalue weighted by atomic mass is 16.4. The van der Waals surface area contributed by atoms with Gasteiger partial charge in [0, 0.05) is 35.6 Å². The summed E-state index contributed by atoms with van der Waals surface area (Å²) >= 11 is 0. The zero-order valence-corrected chi connectivity index (χ0v) is 15.2. The number of benzene rings is 2. The highest BCUT2D eigenvalue weighted by molar-refractivity contribution is 6.16. The SMILES string of the molecule is CCN(CC)c1ccc2cc(C(=O)c3coc4ccccc34)c(=O)oc2c1. The molecule has 5 nitrogen and oxygen atoms in total. The molecule has 0 fully saturated rings. The summed E-state index contributed by atoms with van der Waals surface area (Å²) < 4.78 is 10.9. The molecular formula is C22H19NO4. The van der Waals surface area contributed by atoms with Crippen LogP contribution in [0.3, 0.4) is 0 Å². The number of nitrogens with zero attached hydrogens (tertiary/aromatic N) is 1. The van der Waals surface area contributed by atoms with Crippen molar-refractivity contribution >= 4 is 33.4 Å². The second-order valence-corrected chi connectivity index (χ2v) is 6.32. The van der Waals surface area contributed by atoms with E-state index in [-0.39, 0.29) is 5.56 Å². The maximum absolute atomic E-state index is 12.9. The van der Waals surface area contributed by atoms with Crippen molar-refractivity contribution in [1.29, 1.82) is 0 Å². The number of furan rings is 1. The largest absolute Gasteiger partial charge is 0.464 e. The van der Waals surface area contributed by atoms with Crippen LogP contribution in [0.4, 0.5) is 5.69 Å². The fourth-order valence-corrected chi connectivity index (χ4v) is 3.34. The predicted octanol–water partition coefficient (Wildman–Crippen LogP) is 4.62. The minimum Gasteiger partial charge on any atom is -0.464 e. The maximum Gasteiger partial charge on any atom is 0.347 e. The Bertz CT molecular complexity index is 1200. The van der Waals surface area contributed by atoms with Crippen LogP contribution in [0.5, 0.6) is 0 Å². The lowest BCUT2D eigenvalue weighted by molar-refractivity contribution is 0.103. The van der Waals surface area contributed by atoms with Crippen LogP contribution in [0.2, 0.25) is 0 Å². The number of hydrogen-bond acceptors (Lipinski definition) is 5. The number of anilines is 1. The number of rotatable bonds is 5. The Hall–Kier alpha value is -3.34. The molecule has 5 heteroatoms. The minimum atomic E-state index is -0.644. The standard InChI is InChI=1S/C22H19NO4/c1-3-23(4-2)15-10-9-14-11-17(22(25)27-20(14)12-15)21(24)18-13-26-19-8-6-5-7-16(18)19/h5-13H,3-4H2,1-2H3. The molecule has 2 aromatic carbocycles. The number of carbonyl (C=O) groups excluding carboxylic acids is 1. The molecule has 0 N–H and O–H groups in total. The van der Waals surface area contributed by atoms with Crippen LogP contribution in [-0.2, 0) is 0 Å². The first-order valence-corrected chi connectivity index (χ1v) is 8.96. The molecule has 0 bridgehead atoms. The molecule has 27 heavy (non-hydrogen) atoms. The molecular weight excluding hydrogens is 342 g/mol. The predicted molar refractivity (Wildman–Crippen MR) is 106 cm³/mol. The van der Waals surface area contributed by atoms with Gasteiger partial charge in [-0.15, -0.1) is 0 Å². The first-order chi connectivity index (χ1) is 13.1. The average Bonchev–Trinajstić information content (AvgIpc) is 3.12. The van der Waals surface area contributed by atoms with Crippen molar-refractivity contribution in [2.24, 2.45) is 0 Å². The van der Waals surface area contributed by atoms with Crippen molar-refractivity contribution in [1.82, 2.24) is 0 Å². The van der Waals surface area contributed by atoms with Gasteiger partial charge in [-0.2, -0.15) is 0 Å². The minimum absolute atomic E-state index is 0.00430. The normalized spacial score (nSPS) is 11.2. The van der Waals surface area contributed by atoms with E-state index in [1.807, 2.05) is 30.3 Å². The lowest BCUT2D eigenvalue weighted by atomic mass is 10.0. The lowest BCUT2D eigenvalue weighted by Crippen LogP contribution is -2.21. The van der Waals surface area contributed by atoms with Gasteiger partial charge >= 0.3 is 5.63 Å². The molecule has 0 atom stereocenters. The molecule has 0 spiro atoms. The summed E-state index contributed by atoms with van der Waals surface area (Å²) in [6.45, 7) is 5.86. The molecule has 4 rings (SSSR count). The van der Waals surface area contributed by atoms with Crippen molar-refractivity contribution in [2.75, 3.05) is 18.0 Å². The maximum atomic E-state index is 12.9. The molecule has 2 heterocycles. The number of ketones is 1. The molecule has 0 radical (unpaired) electrons. The smallest absolute Gasteiger partial charge is 0.347 e. The fraction of sp³-hybridized carbons (Fsp3) is 0.182. The van der Waals surface area contributed by atoms with E-state index in [4.69, 9.17) is 8.83 Å². The van der Waals surface area contributed by atoms with Gasteiger partial charge in [-0.3, -0.25) is 4.79 Å². The van der Waals surface area contributed by atoms with Gasteiger partial charge < -0.3 is 13.7 Å². The summed E-state index contributed by atoms with van der Waals surface area (Å²) in [6.07, 6.45) is 1.39. The van der Waals surface area contributed by atoms with Crippen LogP contribution >= 0.6 is 0 Å². The highest BCUT2D eigenvalue weighted by Gasteiger charge is 2.20. The number of hydrogen-bond donors (Lipinski definition) is 0. The first-order valence-electron chi connectivity index (χ1n) is 8.96. The van der Waals surface area contributed by atoms with Gasteiger partial charge in [-0.1, -0.05) is 18.2 Å². The van der Waals surface area contributed by atoms with E-state index in [0.29, 0.717) is 27.5 Å². The Labute approximate surface area is 155 Å². The van der Waals surface area contributed by atoms with Crippen LogP contribution in [0, 0.1) is 0 Å². The summed E-state index contributed by atoms with van der Waals surface area (Å²) in [6, 6.07) is 14.5. The van der Waals surface area contributed by atoms with Crippen molar-refractivity contribution in [3.05, 3.63) is 76.3 Å². The molecule has 136 valence electrons. The number of carbonyl (C=O) groups is 1. The Kier molecular flexibility index (Phi) is 4.28. The third-order valence-electron chi connectivity index (χ3n) is 4.82. The molecule has 2 aromatic heterocycles. The Morgan fingerprint density at radius 2 is 1.74 bits per heavy atom.